The van der Waals surface area contributed by atoms with Gasteiger partial charge in [-0.3, -0.25) is 0 Å². The van der Waals surface area contributed by atoms with Gasteiger partial charge in [0.1, 0.15) is 0 Å². The van der Waals surface area contributed by atoms with E-state index < -0.39 is 0 Å². The third-order valence-electron chi connectivity index (χ3n) is 6.64. The van der Waals surface area contributed by atoms with Gasteiger partial charge in [0.25, 0.3) is 0 Å². The molecule has 4 aromatic carbocycles. The molecule has 32 heavy (non-hydrogen) atoms. The first-order chi connectivity index (χ1) is 15.7. The van der Waals surface area contributed by atoms with Crippen LogP contribution in [-0.4, -0.2) is 14.1 Å². The van der Waals surface area contributed by atoms with Crippen LogP contribution in [-0.2, 0) is 0 Å². The lowest BCUT2D eigenvalue weighted by Gasteiger charge is -2.32. The van der Waals surface area contributed by atoms with Crippen LogP contribution in [0.3, 0.4) is 0 Å². The highest BCUT2D eigenvalue weighted by molar-refractivity contribution is 6.01. The van der Waals surface area contributed by atoms with Gasteiger partial charge in [0, 0.05) is 59.1 Å². The number of fused-ring (bicyclic) bond motifs is 4. The second-order valence-corrected chi connectivity index (χ2v) is 8.35. The minimum absolute atomic E-state index is 1.24. The van der Waals surface area contributed by atoms with E-state index in [1.807, 2.05) is 0 Å². The van der Waals surface area contributed by atoms with Gasteiger partial charge in [-0.05, 0) is 35.4 Å². The summed E-state index contributed by atoms with van der Waals surface area (Å²) in [6.45, 7) is 0. The van der Waals surface area contributed by atoms with Crippen LogP contribution in [0.1, 0.15) is 22.3 Å². The average Bonchev–Trinajstić information content (AvgIpc) is 2.86. The summed E-state index contributed by atoms with van der Waals surface area (Å²) in [6.07, 6.45) is 4.61. The molecule has 0 saturated carbocycles. The van der Waals surface area contributed by atoms with Crippen LogP contribution >= 0.6 is 0 Å². The summed E-state index contributed by atoms with van der Waals surface area (Å²) >= 11 is 0. The molecule has 2 heteroatoms. The van der Waals surface area contributed by atoms with Crippen LogP contribution < -0.4 is 9.80 Å². The quantitative estimate of drug-likeness (QED) is 0.321. The Morgan fingerprint density at radius 1 is 0.406 bits per heavy atom. The fourth-order valence-electron chi connectivity index (χ4n) is 5.05. The van der Waals surface area contributed by atoms with Crippen molar-refractivity contribution < 1.29 is 0 Å². The Bertz CT molecular complexity index is 1200. The Balaban J connectivity index is 1.60. The lowest BCUT2D eigenvalue weighted by Crippen LogP contribution is -2.18. The lowest BCUT2D eigenvalue weighted by molar-refractivity contribution is 1.17. The molecule has 2 heterocycles. The third kappa shape index (κ3) is 2.73. The fraction of sp³-hybridized carbons (Fsp3) is 0.0667. The van der Waals surface area contributed by atoms with E-state index in [1.54, 1.807) is 0 Å². The average molecular weight is 413 g/mol. The van der Waals surface area contributed by atoms with Crippen molar-refractivity contribution in [1.82, 2.24) is 0 Å². The maximum atomic E-state index is 2.30. The maximum absolute atomic E-state index is 2.30. The monoisotopic (exact) mass is 412 g/mol. The molecule has 0 unspecified atom stereocenters. The number of benzene rings is 4. The van der Waals surface area contributed by atoms with Crippen molar-refractivity contribution in [3.8, 4) is 0 Å². The standard InChI is InChI=1S/C30H24N2/c1-31-27-15-7-3-11-23(27)21(24-12-4-8-16-28(24)31)19-20-22-25-13-5-9-17-29(25)32(2)30-18-10-6-14-26(22)30/h3-20H,1-2H3. The highest BCUT2D eigenvalue weighted by Gasteiger charge is 2.25. The predicted molar refractivity (Wildman–Crippen MR) is 136 cm³/mol. The third-order valence-corrected chi connectivity index (χ3v) is 6.64. The van der Waals surface area contributed by atoms with Gasteiger partial charge in [0.05, 0.1) is 0 Å². The molecule has 0 fully saturated rings. The molecule has 0 bridgehead atoms. The summed E-state index contributed by atoms with van der Waals surface area (Å²) in [7, 11) is 4.30. The number of hydrogen-bond acceptors (Lipinski definition) is 2. The number of allylic oxidation sites excluding steroid dienone is 2. The molecule has 154 valence electrons. The van der Waals surface area contributed by atoms with Crippen LogP contribution in [0.4, 0.5) is 22.7 Å². The molecule has 4 aromatic rings. The van der Waals surface area contributed by atoms with E-state index in [-0.39, 0.29) is 0 Å². The molecule has 2 nitrogen and oxygen atoms in total. The van der Waals surface area contributed by atoms with E-state index in [0.29, 0.717) is 0 Å². The zero-order valence-corrected chi connectivity index (χ0v) is 18.3. The molecule has 0 radical (unpaired) electrons. The first kappa shape index (κ1) is 18.7. The Hall–Kier alpha value is -4.04. The minimum atomic E-state index is 1.24. The predicted octanol–water partition coefficient (Wildman–Crippen LogP) is 7.41. The molecule has 2 aliphatic heterocycles. The molecule has 0 amide bonds. The van der Waals surface area contributed by atoms with Gasteiger partial charge >= 0.3 is 0 Å². The topological polar surface area (TPSA) is 6.48 Å². The van der Waals surface area contributed by atoms with Gasteiger partial charge in [-0.1, -0.05) is 84.9 Å². The van der Waals surface area contributed by atoms with Crippen LogP contribution in [0.25, 0.3) is 11.1 Å². The van der Waals surface area contributed by atoms with Crippen LogP contribution in [0, 0.1) is 0 Å². The van der Waals surface area contributed by atoms with Gasteiger partial charge in [0.2, 0.25) is 0 Å². The number of para-hydroxylation sites is 4. The Morgan fingerprint density at radius 2 is 0.656 bits per heavy atom. The van der Waals surface area contributed by atoms with Gasteiger partial charge in [-0.15, -0.1) is 0 Å². The van der Waals surface area contributed by atoms with Crippen molar-refractivity contribution in [2.45, 2.75) is 0 Å². The van der Waals surface area contributed by atoms with Crippen LogP contribution in [0.2, 0.25) is 0 Å². The van der Waals surface area contributed by atoms with E-state index in [9.17, 15) is 0 Å². The maximum Gasteiger partial charge on any atom is 0.0488 e. The molecule has 0 saturated heterocycles. The summed E-state index contributed by atoms with van der Waals surface area (Å²) in [5.41, 5.74) is 12.5. The lowest BCUT2D eigenvalue weighted by atomic mass is 9.87. The Morgan fingerprint density at radius 3 is 0.938 bits per heavy atom. The van der Waals surface area contributed by atoms with E-state index >= 15 is 0 Å². The fourth-order valence-corrected chi connectivity index (χ4v) is 5.05. The molecule has 0 spiro atoms. The summed E-state index contributed by atoms with van der Waals surface area (Å²) in [4.78, 5) is 4.57. The first-order valence-corrected chi connectivity index (χ1v) is 11.0. The summed E-state index contributed by atoms with van der Waals surface area (Å²) < 4.78 is 0. The van der Waals surface area contributed by atoms with Gasteiger partial charge < -0.3 is 9.80 Å². The van der Waals surface area contributed by atoms with Crippen molar-refractivity contribution in [2.75, 3.05) is 23.9 Å². The molecule has 6 rings (SSSR count). The van der Waals surface area contributed by atoms with Crippen molar-refractivity contribution in [3.63, 3.8) is 0 Å². The number of anilines is 4. The summed E-state index contributed by atoms with van der Waals surface area (Å²) in [6, 6.07) is 34.7. The number of rotatable bonds is 1. The molecule has 0 aliphatic carbocycles. The van der Waals surface area contributed by atoms with Crippen LogP contribution in [0.15, 0.2) is 109 Å². The zero-order valence-electron chi connectivity index (χ0n) is 18.3. The molecular formula is C30H24N2. The van der Waals surface area contributed by atoms with Crippen molar-refractivity contribution in [2.24, 2.45) is 0 Å². The van der Waals surface area contributed by atoms with E-state index in [4.69, 9.17) is 0 Å². The summed E-state index contributed by atoms with van der Waals surface area (Å²) in [5, 5.41) is 0. The molecule has 0 atom stereocenters. The highest BCUT2D eigenvalue weighted by Crippen LogP contribution is 2.46. The van der Waals surface area contributed by atoms with Gasteiger partial charge in [-0.2, -0.15) is 0 Å². The molecule has 2 aliphatic rings. The van der Waals surface area contributed by atoms with Gasteiger partial charge in [-0.25, -0.2) is 0 Å². The first-order valence-electron chi connectivity index (χ1n) is 11.0. The number of nitrogens with zero attached hydrogens (tertiary/aromatic N) is 2. The second-order valence-electron chi connectivity index (χ2n) is 8.35. The highest BCUT2D eigenvalue weighted by atomic mass is 15.1. The van der Waals surface area contributed by atoms with Crippen molar-refractivity contribution in [1.29, 1.82) is 0 Å². The second kappa shape index (κ2) is 7.28. The Kier molecular flexibility index (Phi) is 4.26. The largest absolute Gasteiger partial charge is 0.344 e. The molecule has 0 aromatic heterocycles. The Labute approximate surface area is 189 Å². The van der Waals surface area contributed by atoms with Crippen molar-refractivity contribution in [3.05, 3.63) is 131 Å². The van der Waals surface area contributed by atoms with E-state index in [2.05, 4.69) is 133 Å². The molecule has 0 N–H and O–H groups in total. The molecular weight excluding hydrogens is 388 g/mol. The van der Waals surface area contributed by atoms with Crippen molar-refractivity contribution >= 4 is 33.9 Å². The zero-order chi connectivity index (χ0) is 21.7. The van der Waals surface area contributed by atoms with Crippen LogP contribution in [0.5, 0.6) is 0 Å². The summed E-state index contributed by atoms with van der Waals surface area (Å²) in [5.74, 6) is 0. The van der Waals surface area contributed by atoms with Gasteiger partial charge in [0.15, 0.2) is 0 Å². The van der Waals surface area contributed by atoms with E-state index in [1.165, 1.54) is 56.1 Å². The SMILES string of the molecule is CN1c2ccccc2C(=CC=C2c3ccccc3N(C)c3ccccc32)c2ccccc21. The van der Waals surface area contributed by atoms with E-state index in [0.717, 1.165) is 0 Å². The number of hydrogen-bond donors (Lipinski definition) is 0. The minimum Gasteiger partial charge on any atom is -0.344 e. The normalized spacial score (nSPS) is 13.7. The smallest absolute Gasteiger partial charge is 0.0488 e.